The van der Waals surface area contributed by atoms with Crippen LogP contribution >= 0.6 is 27.7 Å². The summed E-state index contributed by atoms with van der Waals surface area (Å²) in [5.41, 5.74) is 6.19. The molecule has 0 unspecified atom stereocenters. The fourth-order valence-electron chi connectivity index (χ4n) is 1.08. The molecule has 0 spiro atoms. The van der Waals surface area contributed by atoms with E-state index in [4.69, 9.17) is 5.73 Å². The number of carbonyl (C=O) groups excluding carboxylic acids is 1. The molecule has 3 N–H and O–H groups in total. The second-order valence-electron chi connectivity index (χ2n) is 3.25. The van der Waals surface area contributed by atoms with Crippen molar-refractivity contribution in [3.63, 3.8) is 0 Å². The van der Waals surface area contributed by atoms with E-state index in [1.165, 1.54) is 0 Å². The lowest BCUT2D eigenvalue weighted by Crippen LogP contribution is -2.14. The Labute approximate surface area is 108 Å². The second kappa shape index (κ2) is 7.70. The summed E-state index contributed by atoms with van der Waals surface area (Å²) in [6, 6.07) is 7.54. The Bertz CT molecular complexity index is 329. The number of carbonyl (C=O) groups is 1. The van der Waals surface area contributed by atoms with Gasteiger partial charge in [-0.3, -0.25) is 4.79 Å². The Hall–Kier alpha value is -0.520. The van der Waals surface area contributed by atoms with Crippen molar-refractivity contribution in [1.82, 2.24) is 0 Å². The maximum Gasteiger partial charge on any atom is 0.234 e. The Kier molecular flexibility index (Phi) is 6.52. The van der Waals surface area contributed by atoms with E-state index in [2.05, 4.69) is 21.2 Å². The number of halogens is 1. The third kappa shape index (κ3) is 5.53. The number of thioether (sulfide) groups is 1. The predicted octanol–water partition coefficient (Wildman–Crippen LogP) is 2.47. The van der Waals surface area contributed by atoms with Crippen molar-refractivity contribution in [2.24, 2.45) is 5.73 Å². The molecule has 0 aliphatic rings. The zero-order valence-corrected chi connectivity index (χ0v) is 11.3. The first-order chi connectivity index (χ1) is 7.72. The minimum absolute atomic E-state index is 0.0318. The lowest BCUT2D eigenvalue weighted by atomic mass is 10.3. The summed E-state index contributed by atoms with van der Waals surface area (Å²) >= 11 is 4.95. The lowest BCUT2D eigenvalue weighted by molar-refractivity contribution is -0.113. The standard InChI is InChI=1S/C11H15BrN2OS/c12-9-2-4-10(5-3-9)14-11(15)8-16-7-1-6-13/h2-5H,1,6-8,13H2,(H,14,15). The van der Waals surface area contributed by atoms with Crippen molar-refractivity contribution >= 4 is 39.3 Å². The van der Waals surface area contributed by atoms with Gasteiger partial charge in [-0.25, -0.2) is 0 Å². The normalized spacial score (nSPS) is 10.1. The highest BCUT2D eigenvalue weighted by Gasteiger charge is 2.01. The number of anilines is 1. The first-order valence-electron chi connectivity index (χ1n) is 5.05. The van der Waals surface area contributed by atoms with Crippen molar-refractivity contribution < 1.29 is 4.79 Å². The van der Waals surface area contributed by atoms with Gasteiger partial charge in [-0.2, -0.15) is 11.8 Å². The minimum Gasteiger partial charge on any atom is -0.330 e. The SMILES string of the molecule is NCCCSCC(=O)Nc1ccc(Br)cc1. The third-order valence-corrected chi connectivity index (χ3v) is 3.43. The molecule has 5 heteroatoms. The van der Waals surface area contributed by atoms with Gasteiger partial charge in [0, 0.05) is 10.2 Å². The van der Waals surface area contributed by atoms with Gasteiger partial charge in [-0.15, -0.1) is 0 Å². The quantitative estimate of drug-likeness (QED) is 0.794. The van der Waals surface area contributed by atoms with E-state index in [9.17, 15) is 4.79 Å². The van der Waals surface area contributed by atoms with E-state index in [1.807, 2.05) is 24.3 Å². The smallest absolute Gasteiger partial charge is 0.234 e. The summed E-state index contributed by atoms with van der Waals surface area (Å²) in [4.78, 5) is 11.5. The van der Waals surface area contributed by atoms with Crippen LogP contribution in [-0.4, -0.2) is 24.0 Å². The number of rotatable bonds is 6. The number of benzene rings is 1. The van der Waals surface area contributed by atoms with Crippen LogP contribution in [0.3, 0.4) is 0 Å². The van der Waals surface area contributed by atoms with E-state index in [0.717, 1.165) is 22.3 Å². The molecule has 3 nitrogen and oxygen atoms in total. The molecule has 0 aliphatic carbocycles. The summed E-state index contributed by atoms with van der Waals surface area (Å²) in [5.74, 6) is 1.45. The highest BCUT2D eigenvalue weighted by atomic mass is 79.9. The molecule has 0 atom stereocenters. The van der Waals surface area contributed by atoms with Gasteiger partial charge < -0.3 is 11.1 Å². The van der Waals surface area contributed by atoms with Gasteiger partial charge in [0.2, 0.25) is 5.91 Å². The van der Waals surface area contributed by atoms with Gasteiger partial charge in [-0.05, 0) is 43.0 Å². The van der Waals surface area contributed by atoms with E-state index in [1.54, 1.807) is 11.8 Å². The molecule has 0 fully saturated rings. The summed E-state index contributed by atoms with van der Waals surface area (Å²) in [6.45, 7) is 0.682. The van der Waals surface area contributed by atoms with Crippen LogP contribution in [0, 0.1) is 0 Å². The number of nitrogens with two attached hydrogens (primary N) is 1. The highest BCUT2D eigenvalue weighted by Crippen LogP contribution is 2.14. The van der Waals surface area contributed by atoms with Crippen molar-refractivity contribution in [2.75, 3.05) is 23.4 Å². The Morgan fingerprint density at radius 3 is 2.69 bits per heavy atom. The predicted molar refractivity (Wildman–Crippen MR) is 73.8 cm³/mol. The first-order valence-corrected chi connectivity index (χ1v) is 7.00. The maximum atomic E-state index is 11.5. The topological polar surface area (TPSA) is 55.1 Å². The van der Waals surface area contributed by atoms with Crippen molar-refractivity contribution in [2.45, 2.75) is 6.42 Å². The van der Waals surface area contributed by atoms with Gasteiger partial charge in [0.25, 0.3) is 0 Å². The van der Waals surface area contributed by atoms with Crippen LogP contribution in [0.15, 0.2) is 28.7 Å². The van der Waals surface area contributed by atoms with Gasteiger partial charge in [0.1, 0.15) is 0 Å². The lowest BCUT2D eigenvalue weighted by Gasteiger charge is -2.04. The van der Waals surface area contributed by atoms with Gasteiger partial charge in [0.05, 0.1) is 5.75 Å². The molecule has 88 valence electrons. The number of amides is 1. The fraction of sp³-hybridized carbons (Fsp3) is 0.364. The minimum atomic E-state index is 0.0318. The van der Waals surface area contributed by atoms with Crippen LogP contribution < -0.4 is 11.1 Å². The zero-order valence-electron chi connectivity index (χ0n) is 8.91. The Morgan fingerprint density at radius 2 is 2.06 bits per heavy atom. The molecule has 0 heterocycles. The molecule has 0 radical (unpaired) electrons. The average molecular weight is 303 g/mol. The maximum absolute atomic E-state index is 11.5. The molecule has 1 aromatic rings. The average Bonchev–Trinajstić information content (AvgIpc) is 2.28. The second-order valence-corrected chi connectivity index (χ2v) is 5.27. The third-order valence-electron chi connectivity index (χ3n) is 1.85. The summed E-state index contributed by atoms with van der Waals surface area (Å²) < 4.78 is 1.00. The molecule has 16 heavy (non-hydrogen) atoms. The van der Waals surface area contributed by atoms with Crippen molar-refractivity contribution in [1.29, 1.82) is 0 Å². The van der Waals surface area contributed by atoms with Crippen LogP contribution in [0.2, 0.25) is 0 Å². The molecule has 1 amide bonds. The molecule has 0 saturated heterocycles. The fourth-order valence-corrected chi connectivity index (χ4v) is 2.12. The van der Waals surface area contributed by atoms with Crippen LogP contribution in [0.5, 0.6) is 0 Å². The van der Waals surface area contributed by atoms with Crippen LogP contribution in [0.25, 0.3) is 0 Å². The molecule has 0 aromatic heterocycles. The van der Waals surface area contributed by atoms with Crippen LogP contribution in [0.1, 0.15) is 6.42 Å². The monoisotopic (exact) mass is 302 g/mol. The van der Waals surface area contributed by atoms with E-state index < -0.39 is 0 Å². The first kappa shape index (κ1) is 13.5. The number of nitrogens with one attached hydrogen (secondary N) is 1. The number of hydrogen-bond acceptors (Lipinski definition) is 3. The molecular weight excluding hydrogens is 288 g/mol. The van der Waals surface area contributed by atoms with Gasteiger partial charge >= 0.3 is 0 Å². The molecular formula is C11H15BrN2OS. The molecule has 0 saturated carbocycles. The van der Waals surface area contributed by atoms with Gasteiger partial charge in [-0.1, -0.05) is 15.9 Å². The largest absolute Gasteiger partial charge is 0.330 e. The molecule has 1 rings (SSSR count). The van der Waals surface area contributed by atoms with Crippen LogP contribution in [0.4, 0.5) is 5.69 Å². The Balaban J connectivity index is 2.26. The van der Waals surface area contributed by atoms with E-state index in [0.29, 0.717) is 12.3 Å². The molecule has 1 aromatic carbocycles. The zero-order chi connectivity index (χ0) is 11.8. The summed E-state index contributed by atoms with van der Waals surface area (Å²) in [6.07, 6.45) is 0.955. The van der Waals surface area contributed by atoms with Crippen molar-refractivity contribution in [3.8, 4) is 0 Å². The summed E-state index contributed by atoms with van der Waals surface area (Å²) in [5, 5.41) is 2.83. The number of hydrogen-bond donors (Lipinski definition) is 2. The summed E-state index contributed by atoms with van der Waals surface area (Å²) in [7, 11) is 0. The highest BCUT2D eigenvalue weighted by molar-refractivity contribution is 9.10. The van der Waals surface area contributed by atoms with Crippen LogP contribution in [-0.2, 0) is 4.79 Å². The van der Waals surface area contributed by atoms with E-state index >= 15 is 0 Å². The van der Waals surface area contributed by atoms with Crippen molar-refractivity contribution in [3.05, 3.63) is 28.7 Å². The van der Waals surface area contributed by atoms with Gasteiger partial charge in [0.15, 0.2) is 0 Å². The Morgan fingerprint density at radius 1 is 1.38 bits per heavy atom. The molecule has 0 bridgehead atoms. The molecule has 0 aliphatic heterocycles. The van der Waals surface area contributed by atoms with E-state index in [-0.39, 0.29) is 5.91 Å².